The Morgan fingerprint density at radius 2 is 2.53 bits per heavy atom. The van der Waals surface area contributed by atoms with Gasteiger partial charge < -0.3 is 14.6 Å². The summed E-state index contributed by atoms with van der Waals surface area (Å²) in [4.78, 5) is 4.29. The monoisotopic (exact) mass is 237 g/mol. The van der Waals surface area contributed by atoms with Crippen molar-refractivity contribution in [2.45, 2.75) is 38.6 Å². The molecule has 2 rings (SSSR count). The third-order valence-electron chi connectivity index (χ3n) is 3.35. The summed E-state index contributed by atoms with van der Waals surface area (Å²) in [5.74, 6) is 0.637. The van der Waals surface area contributed by atoms with E-state index in [1.165, 1.54) is 18.5 Å². The standard InChI is InChI=1S/C13H23N3O/c1-2-17-8-4-7-16-11-15-10-13(16)12-5-3-6-14-9-12/h10-12,14H,2-9H2,1H3. The number of ether oxygens (including phenoxy) is 1. The molecule has 0 amide bonds. The number of rotatable bonds is 6. The van der Waals surface area contributed by atoms with Gasteiger partial charge in [-0.25, -0.2) is 4.98 Å². The number of piperidine rings is 1. The van der Waals surface area contributed by atoms with E-state index in [9.17, 15) is 0 Å². The molecule has 0 spiro atoms. The molecule has 96 valence electrons. The van der Waals surface area contributed by atoms with Crippen LogP contribution >= 0.6 is 0 Å². The van der Waals surface area contributed by atoms with Crippen LogP contribution in [-0.2, 0) is 11.3 Å². The maximum absolute atomic E-state index is 5.37. The molecule has 1 atom stereocenters. The summed E-state index contributed by atoms with van der Waals surface area (Å²) < 4.78 is 7.66. The van der Waals surface area contributed by atoms with Gasteiger partial charge in [-0.15, -0.1) is 0 Å². The Hall–Kier alpha value is -0.870. The summed E-state index contributed by atoms with van der Waals surface area (Å²) in [5, 5.41) is 3.46. The van der Waals surface area contributed by atoms with E-state index < -0.39 is 0 Å². The van der Waals surface area contributed by atoms with Crippen LogP contribution in [0.25, 0.3) is 0 Å². The molecule has 2 heterocycles. The lowest BCUT2D eigenvalue weighted by Gasteiger charge is -2.23. The van der Waals surface area contributed by atoms with Crippen LogP contribution in [0, 0.1) is 0 Å². The Balaban J connectivity index is 1.87. The van der Waals surface area contributed by atoms with Crippen molar-refractivity contribution >= 4 is 0 Å². The van der Waals surface area contributed by atoms with Crippen molar-refractivity contribution in [2.75, 3.05) is 26.3 Å². The minimum absolute atomic E-state index is 0.637. The number of nitrogens with zero attached hydrogens (tertiary/aromatic N) is 2. The van der Waals surface area contributed by atoms with Crippen LogP contribution < -0.4 is 5.32 Å². The number of nitrogens with one attached hydrogen (secondary N) is 1. The summed E-state index contributed by atoms with van der Waals surface area (Å²) in [6.07, 6.45) is 7.60. The molecule has 4 nitrogen and oxygen atoms in total. The molecule has 1 aliphatic heterocycles. The Labute approximate surface area is 103 Å². The first-order valence-electron chi connectivity index (χ1n) is 6.70. The molecule has 1 aromatic rings. The van der Waals surface area contributed by atoms with Crippen molar-refractivity contribution in [3.05, 3.63) is 18.2 Å². The van der Waals surface area contributed by atoms with Gasteiger partial charge in [0.1, 0.15) is 0 Å². The predicted molar refractivity (Wildman–Crippen MR) is 68.2 cm³/mol. The number of hydrogen-bond donors (Lipinski definition) is 1. The first-order chi connectivity index (χ1) is 8.42. The lowest BCUT2D eigenvalue weighted by atomic mass is 9.96. The fourth-order valence-corrected chi connectivity index (χ4v) is 2.44. The van der Waals surface area contributed by atoms with Crippen molar-refractivity contribution in [1.29, 1.82) is 0 Å². The zero-order valence-electron chi connectivity index (χ0n) is 10.7. The van der Waals surface area contributed by atoms with Crippen LogP contribution in [-0.4, -0.2) is 35.9 Å². The van der Waals surface area contributed by atoms with Crippen LogP contribution in [0.3, 0.4) is 0 Å². The van der Waals surface area contributed by atoms with Gasteiger partial charge in [-0.2, -0.15) is 0 Å². The molecule has 0 radical (unpaired) electrons. The third kappa shape index (κ3) is 3.54. The second-order valence-electron chi connectivity index (χ2n) is 4.61. The molecule has 17 heavy (non-hydrogen) atoms. The number of aryl methyl sites for hydroxylation is 1. The van der Waals surface area contributed by atoms with Crippen LogP contribution in [0.5, 0.6) is 0 Å². The highest BCUT2D eigenvalue weighted by Gasteiger charge is 2.18. The molecule has 1 aromatic heterocycles. The molecular formula is C13H23N3O. The molecule has 0 bridgehead atoms. The van der Waals surface area contributed by atoms with E-state index in [1.807, 2.05) is 19.4 Å². The Bertz CT molecular complexity index is 318. The first-order valence-corrected chi connectivity index (χ1v) is 6.70. The SMILES string of the molecule is CCOCCCn1cncc1C1CCCNC1. The van der Waals surface area contributed by atoms with E-state index in [0.29, 0.717) is 5.92 Å². The Kier molecular flexibility index (Phi) is 5.01. The molecule has 1 unspecified atom stereocenters. The van der Waals surface area contributed by atoms with Gasteiger partial charge in [-0.3, -0.25) is 0 Å². The van der Waals surface area contributed by atoms with E-state index in [-0.39, 0.29) is 0 Å². The summed E-state index contributed by atoms with van der Waals surface area (Å²) in [6, 6.07) is 0. The molecule has 0 aromatic carbocycles. The number of hydrogen-bond acceptors (Lipinski definition) is 3. The summed E-state index contributed by atoms with van der Waals surface area (Å²) in [7, 11) is 0. The second-order valence-corrected chi connectivity index (χ2v) is 4.61. The quantitative estimate of drug-likeness (QED) is 0.767. The molecule has 4 heteroatoms. The first kappa shape index (κ1) is 12.6. The van der Waals surface area contributed by atoms with E-state index in [0.717, 1.165) is 39.3 Å². The van der Waals surface area contributed by atoms with Gasteiger partial charge in [0, 0.05) is 44.1 Å². The van der Waals surface area contributed by atoms with Gasteiger partial charge in [0.25, 0.3) is 0 Å². The highest BCUT2D eigenvalue weighted by Crippen LogP contribution is 2.22. The lowest BCUT2D eigenvalue weighted by molar-refractivity contribution is 0.141. The molecule has 1 N–H and O–H groups in total. The molecule has 1 fully saturated rings. The Morgan fingerprint density at radius 1 is 1.59 bits per heavy atom. The molecule has 0 saturated carbocycles. The summed E-state index contributed by atoms with van der Waals surface area (Å²) >= 11 is 0. The highest BCUT2D eigenvalue weighted by molar-refractivity contribution is 5.08. The van der Waals surface area contributed by atoms with Gasteiger partial charge in [0.05, 0.1) is 6.33 Å². The normalized spacial score (nSPS) is 20.6. The zero-order valence-corrected chi connectivity index (χ0v) is 10.7. The smallest absolute Gasteiger partial charge is 0.0948 e. The van der Waals surface area contributed by atoms with E-state index in [4.69, 9.17) is 4.74 Å². The highest BCUT2D eigenvalue weighted by atomic mass is 16.5. The second kappa shape index (κ2) is 6.77. The predicted octanol–water partition coefficient (Wildman–Crippen LogP) is 1.78. The largest absolute Gasteiger partial charge is 0.382 e. The van der Waals surface area contributed by atoms with Gasteiger partial charge in [-0.1, -0.05) is 0 Å². The number of imidazole rings is 1. The maximum Gasteiger partial charge on any atom is 0.0948 e. The molecule has 1 aliphatic rings. The van der Waals surface area contributed by atoms with Gasteiger partial charge >= 0.3 is 0 Å². The third-order valence-corrected chi connectivity index (χ3v) is 3.35. The molecular weight excluding hydrogens is 214 g/mol. The fourth-order valence-electron chi connectivity index (χ4n) is 2.44. The van der Waals surface area contributed by atoms with Crippen molar-refractivity contribution in [2.24, 2.45) is 0 Å². The fraction of sp³-hybridized carbons (Fsp3) is 0.769. The van der Waals surface area contributed by atoms with E-state index in [2.05, 4.69) is 14.9 Å². The van der Waals surface area contributed by atoms with Gasteiger partial charge in [-0.05, 0) is 32.7 Å². The van der Waals surface area contributed by atoms with Crippen molar-refractivity contribution < 1.29 is 4.74 Å². The lowest BCUT2D eigenvalue weighted by Crippen LogP contribution is -2.29. The van der Waals surface area contributed by atoms with Gasteiger partial charge in [0.2, 0.25) is 0 Å². The number of aromatic nitrogens is 2. The average Bonchev–Trinajstić information content (AvgIpc) is 2.84. The molecule has 1 saturated heterocycles. The van der Waals surface area contributed by atoms with Crippen LogP contribution in [0.15, 0.2) is 12.5 Å². The van der Waals surface area contributed by atoms with Crippen molar-refractivity contribution in [3.63, 3.8) is 0 Å². The van der Waals surface area contributed by atoms with Crippen LogP contribution in [0.2, 0.25) is 0 Å². The Morgan fingerprint density at radius 3 is 3.29 bits per heavy atom. The minimum atomic E-state index is 0.637. The van der Waals surface area contributed by atoms with E-state index in [1.54, 1.807) is 0 Å². The minimum Gasteiger partial charge on any atom is -0.382 e. The van der Waals surface area contributed by atoms with Crippen LogP contribution in [0.4, 0.5) is 0 Å². The van der Waals surface area contributed by atoms with Crippen molar-refractivity contribution in [3.8, 4) is 0 Å². The average molecular weight is 237 g/mol. The maximum atomic E-state index is 5.37. The summed E-state index contributed by atoms with van der Waals surface area (Å²) in [5.41, 5.74) is 1.38. The van der Waals surface area contributed by atoms with Gasteiger partial charge in [0.15, 0.2) is 0 Å². The zero-order chi connectivity index (χ0) is 11.9. The van der Waals surface area contributed by atoms with Crippen LogP contribution in [0.1, 0.15) is 37.8 Å². The van der Waals surface area contributed by atoms with Crippen molar-refractivity contribution in [1.82, 2.24) is 14.9 Å². The molecule has 0 aliphatic carbocycles. The summed E-state index contributed by atoms with van der Waals surface area (Å²) in [6.45, 7) is 6.97. The topological polar surface area (TPSA) is 39.1 Å². The van der Waals surface area contributed by atoms with E-state index >= 15 is 0 Å².